The van der Waals surface area contributed by atoms with Crippen molar-refractivity contribution in [1.82, 2.24) is 0 Å². The minimum atomic E-state index is -0.231. The quantitative estimate of drug-likeness (QED) is 0.878. The molecule has 1 nitrogen and oxygen atoms in total. The van der Waals surface area contributed by atoms with E-state index < -0.39 is 0 Å². The van der Waals surface area contributed by atoms with E-state index in [1.807, 2.05) is 0 Å². The molecule has 2 aliphatic carbocycles. The summed E-state index contributed by atoms with van der Waals surface area (Å²) < 4.78 is 13.1. The van der Waals surface area contributed by atoms with Gasteiger partial charge in [0, 0.05) is 11.1 Å². The van der Waals surface area contributed by atoms with Crippen molar-refractivity contribution in [1.29, 1.82) is 0 Å². The molecule has 3 atom stereocenters. The van der Waals surface area contributed by atoms with Crippen LogP contribution in [0.4, 0.5) is 4.39 Å². The fourth-order valence-electron chi connectivity index (χ4n) is 3.23. The molecule has 1 aromatic carbocycles. The molecule has 0 radical (unpaired) electrons. The summed E-state index contributed by atoms with van der Waals surface area (Å²) in [4.78, 5) is 0. The van der Waals surface area contributed by atoms with Crippen LogP contribution in [0.15, 0.2) is 18.2 Å². The Morgan fingerprint density at radius 1 is 1.29 bits per heavy atom. The SMILES string of the molecule is NC(Cc1cc(F)ccc1Cl)C1CC2CC2C1. The van der Waals surface area contributed by atoms with E-state index in [4.69, 9.17) is 17.3 Å². The first-order valence-electron chi connectivity index (χ1n) is 6.33. The molecule has 0 bridgehead atoms. The Labute approximate surface area is 106 Å². The Balaban J connectivity index is 1.67. The van der Waals surface area contributed by atoms with Crippen LogP contribution in [0.3, 0.4) is 0 Å². The zero-order chi connectivity index (χ0) is 12.0. The molecule has 1 aromatic rings. The Morgan fingerprint density at radius 3 is 2.71 bits per heavy atom. The number of hydrogen-bond donors (Lipinski definition) is 1. The molecular weight excluding hydrogens is 237 g/mol. The van der Waals surface area contributed by atoms with Crippen LogP contribution >= 0.6 is 11.6 Å². The molecule has 2 aliphatic rings. The van der Waals surface area contributed by atoms with E-state index in [9.17, 15) is 4.39 Å². The van der Waals surface area contributed by atoms with Gasteiger partial charge in [-0.3, -0.25) is 0 Å². The minimum absolute atomic E-state index is 0.127. The second-order valence-electron chi connectivity index (χ2n) is 5.59. The predicted molar refractivity (Wildman–Crippen MR) is 67.4 cm³/mol. The van der Waals surface area contributed by atoms with E-state index in [2.05, 4.69) is 0 Å². The number of benzene rings is 1. The molecule has 2 saturated carbocycles. The lowest BCUT2D eigenvalue weighted by molar-refractivity contribution is 0.392. The second-order valence-corrected chi connectivity index (χ2v) is 6.00. The van der Waals surface area contributed by atoms with Crippen molar-refractivity contribution in [2.75, 3.05) is 0 Å². The number of nitrogens with two attached hydrogens (primary N) is 1. The van der Waals surface area contributed by atoms with Gasteiger partial charge in [0.05, 0.1) is 0 Å². The van der Waals surface area contributed by atoms with Gasteiger partial charge in [0.2, 0.25) is 0 Å². The lowest BCUT2D eigenvalue weighted by Crippen LogP contribution is -2.31. The molecule has 0 amide bonds. The summed E-state index contributed by atoms with van der Waals surface area (Å²) in [5, 5.41) is 0.630. The number of rotatable bonds is 3. The maximum Gasteiger partial charge on any atom is 0.123 e. The Hall–Kier alpha value is -0.600. The van der Waals surface area contributed by atoms with Crippen molar-refractivity contribution in [2.45, 2.75) is 31.7 Å². The summed E-state index contributed by atoms with van der Waals surface area (Å²) in [6.45, 7) is 0. The first-order valence-corrected chi connectivity index (χ1v) is 6.71. The van der Waals surface area contributed by atoms with Crippen LogP contribution in [-0.2, 0) is 6.42 Å². The smallest absolute Gasteiger partial charge is 0.123 e. The summed E-state index contributed by atoms with van der Waals surface area (Å²) in [5.41, 5.74) is 7.08. The Morgan fingerprint density at radius 2 is 2.00 bits per heavy atom. The molecule has 2 N–H and O–H groups in total. The molecule has 0 saturated heterocycles. The van der Waals surface area contributed by atoms with E-state index in [-0.39, 0.29) is 11.9 Å². The predicted octanol–water partition coefficient (Wildman–Crippen LogP) is 3.40. The maximum absolute atomic E-state index is 13.1. The highest BCUT2D eigenvalue weighted by molar-refractivity contribution is 6.31. The molecule has 0 aliphatic heterocycles. The van der Waals surface area contributed by atoms with Gasteiger partial charge in [-0.1, -0.05) is 11.6 Å². The van der Waals surface area contributed by atoms with Gasteiger partial charge < -0.3 is 5.73 Å². The Bertz CT molecular complexity index is 424. The summed E-state index contributed by atoms with van der Waals surface area (Å²) in [5.74, 6) is 2.26. The minimum Gasteiger partial charge on any atom is -0.327 e. The normalized spacial score (nSPS) is 32.3. The van der Waals surface area contributed by atoms with Gasteiger partial charge in [-0.2, -0.15) is 0 Å². The van der Waals surface area contributed by atoms with Crippen molar-refractivity contribution >= 4 is 11.6 Å². The van der Waals surface area contributed by atoms with Gasteiger partial charge in [-0.05, 0) is 67.2 Å². The maximum atomic E-state index is 13.1. The van der Waals surface area contributed by atoms with Crippen LogP contribution < -0.4 is 5.73 Å². The van der Waals surface area contributed by atoms with Crippen molar-refractivity contribution in [3.8, 4) is 0 Å². The van der Waals surface area contributed by atoms with Crippen molar-refractivity contribution in [2.24, 2.45) is 23.5 Å². The Kier molecular flexibility index (Phi) is 2.87. The highest BCUT2D eigenvalue weighted by Gasteiger charge is 2.47. The lowest BCUT2D eigenvalue weighted by atomic mass is 9.90. The third-order valence-electron chi connectivity index (χ3n) is 4.35. The summed E-state index contributed by atoms with van der Waals surface area (Å²) in [7, 11) is 0. The molecule has 92 valence electrons. The molecule has 17 heavy (non-hydrogen) atoms. The first-order chi connectivity index (χ1) is 8.13. The molecule has 0 heterocycles. The van der Waals surface area contributed by atoms with Crippen molar-refractivity contribution in [3.05, 3.63) is 34.6 Å². The molecule has 3 unspecified atom stereocenters. The molecular formula is C14H17ClFN. The van der Waals surface area contributed by atoms with E-state index >= 15 is 0 Å². The van der Waals surface area contributed by atoms with Crippen LogP contribution in [0, 0.1) is 23.6 Å². The standard InChI is InChI=1S/C14H17ClFN/c15-13-2-1-12(16)6-10(13)7-14(17)11-4-8-3-9(8)5-11/h1-2,6,8-9,11,14H,3-5,7,17H2. The topological polar surface area (TPSA) is 26.0 Å². The number of fused-ring (bicyclic) bond motifs is 1. The average Bonchev–Trinajstić information content (AvgIpc) is 2.91. The average molecular weight is 254 g/mol. The fourth-order valence-corrected chi connectivity index (χ4v) is 3.43. The number of halogens is 2. The van der Waals surface area contributed by atoms with E-state index in [0.717, 1.165) is 17.4 Å². The van der Waals surface area contributed by atoms with Crippen LogP contribution in [0.25, 0.3) is 0 Å². The highest BCUT2D eigenvalue weighted by atomic mass is 35.5. The van der Waals surface area contributed by atoms with Crippen molar-refractivity contribution in [3.63, 3.8) is 0 Å². The van der Waals surface area contributed by atoms with Gasteiger partial charge in [-0.15, -0.1) is 0 Å². The molecule has 0 spiro atoms. The van der Waals surface area contributed by atoms with Crippen LogP contribution in [0.2, 0.25) is 5.02 Å². The van der Waals surface area contributed by atoms with Gasteiger partial charge in [0.25, 0.3) is 0 Å². The van der Waals surface area contributed by atoms with Crippen LogP contribution in [0.1, 0.15) is 24.8 Å². The summed E-state index contributed by atoms with van der Waals surface area (Å²) in [6.07, 6.45) is 4.63. The molecule has 3 rings (SSSR count). The third-order valence-corrected chi connectivity index (χ3v) is 4.72. The van der Waals surface area contributed by atoms with E-state index in [0.29, 0.717) is 17.4 Å². The zero-order valence-electron chi connectivity index (χ0n) is 9.70. The van der Waals surface area contributed by atoms with Crippen LogP contribution in [0.5, 0.6) is 0 Å². The molecule has 3 heteroatoms. The lowest BCUT2D eigenvalue weighted by Gasteiger charge is -2.21. The fraction of sp³-hybridized carbons (Fsp3) is 0.571. The zero-order valence-corrected chi connectivity index (χ0v) is 10.5. The van der Waals surface area contributed by atoms with Gasteiger partial charge in [0.1, 0.15) is 5.82 Å². The van der Waals surface area contributed by atoms with Crippen LogP contribution in [-0.4, -0.2) is 6.04 Å². The highest BCUT2D eigenvalue weighted by Crippen LogP contribution is 2.55. The second kappa shape index (κ2) is 4.25. The van der Waals surface area contributed by atoms with Crippen molar-refractivity contribution < 1.29 is 4.39 Å². The molecule has 2 fully saturated rings. The van der Waals surface area contributed by atoms with Gasteiger partial charge in [-0.25, -0.2) is 4.39 Å². The van der Waals surface area contributed by atoms with Gasteiger partial charge in [0.15, 0.2) is 0 Å². The third kappa shape index (κ3) is 2.34. The van der Waals surface area contributed by atoms with E-state index in [1.165, 1.54) is 31.4 Å². The molecule has 0 aromatic heterocycles. The van der Waals surface area contributed by atoms with Gasteiger partial charge >= 0.3 is 0 Å². The van der Waals surface area contributed by atoms with E-state index in [1.54, 1.807) is 6.07 Å². The first kappa shape index (κ1) is 11.5. The monoisotopic (exact) mass is 253 g/mol. The number of hydrogen-bond acceptors (Lipinski definition) is 1. The summed E-state index contributed by atoms with van der Waals surface area (Å²) >= 11 is 6.06. The largest absolute Gasteiger partial charge is 0.327 e. The summed E-state index contributed by atoms with van der Waals surface area (Å²) in [6, 6.07) is 4.65.